The van der Waals surface area contributed by atoms with Crippen LogP contribution in [0.3, 0.4) is 0 Å². The minimum absolute atomic E-state index is 0.00987. The van der Waals surface area contributed by atoms with Crippen molar-refractivity contribution in [3.8, 4) is 0 Å². The number of anilines is 1. The monoisotopic (exact) mass is 298 g/mol. The number of sulfonamides is 1. The van der Waals surface area contributed by atoms with Crippen LogP contribution >= 0.6 is 0 Å². The quantitative estimate of drug-likeness (QED) is 0.840. The maximum Gasteiger partial charge on any atom is 0.241 e. The van der Waals surface area contributed by atoms with Gasteiger partial charge in [0, 0.05) is 17.3 Å². The van der Waals surface area contributed by atoms with Gasteiger partial charge in [0.2, 0.25) is 10.0 Å². The Labute approximate surface area is 118 Å². The van der Waals surface area contributed by atoms with Crippen molar-refractivity contribution in [2.24, 2.45) is 11.8 Å². The van der Waals surface area contributed by atoms with Crippen molar-refractivity contribution in [1.29, 1.82) is 0 Å². The number of halogens is 1. The number of hydrogen-bond donors (Lipinski definition) is 2. The molecule has 0 aliphatic heterocycles. The number of nitrogens with one attached hydrogen (secondary N) is 1. The van der Waals surface area contributed by atoms with Crippen molar-refractivity contribution < 1.29 is 12.8 Å². The first-order valence-corrected chi connectivity index (χ1v) is 8.43. The zero-order chi connectivity index (χ0) is 14.5. The van der Waals surface area contributed by atoms with Gasteiger partial charge in [-0.2, -0.15) is 0 Å². The lowest BCUT2D eigenvalue weighted by molar-refractivity contribution is 0.390. The van der Waals surface area contributed by atoms with E-state index in [9.17, 15) is 12.8 Å². The molecule has 20 heavy (non-hydrogen) atoms. The van der Waals surface area contributed by atoms with Crippen molar-refractivity contribution in [1.82, 2.24) is 4.72 Å². The third kappa shape index (κ3) is 2.31. The van der Waals surface area contributed by atoms with Crippen molar-refractivity contribution in [2.75, 3.05) is 5.73 Å². The molecule has 1 aromatic carbocycles. The Balaban J connectivity index is 1.85. The molecule has 0 amide bonds. The summed E-state index contributed by atoms with van der Waals surface area (Å²) in [4.78, 5) is -0.0825. The molecule has 2 aliphatic carbocycles. The molecular formula is C14H19FN2O2S. The molecule has 0 radical (unpaired) electrons. The standard InChI is InChI=1S/C14H19FN2O2S/c1-8-12(15)6-11(7-13(8)16)20(18,19)17-14-5-9-2-3-10(14)4-9/h6-7,9-10,14,17H,2-5,16H2,1H3. The van der Waals surface area contributed by atoms with Crippen LogP contribution in [0.1, 0.15) is 31.2 Å². The molecular weight excluding hydrogens is 279 g/mol. The highest BCUT2D eigenvalue weighted by atomic mass is 32.2. The molecule has 3 rings (SSSR count). The normalized spacial score (nSPS) is 29.0. The molecule has 3 N–H and O–H groups in total. The number of hydrogen-bond acceptors (Lipinski definition) is 3. The molecule has 1 aromatic rings. The third-order valence-electron chi connectivity index (χ3n) is 4.71. The van der Waals surface area contributed by atoms with E-state index < -0.39 is 15.8 Å². The number of nitrogen functional groups attached to an aromatic ring is 1. The van der Waals surface area contributed by atoms with Crippen molar-refractivity contribution in [3.05, 3.63) is 23.5 Å². The second-order valence-corrected chi connectivity index (χ2v) is 7.74. The van der Waals surface area contributed by atoms with E-state index in [1.807, 2.05) is 0 Å². The molecule has 2 bridgehead atoms. The van der Waals surface area contributed by atoms with Crippen LogP contribution in [0.15, 0.2) is 17.0 Å². The van der Waals surface area contributed by atoms with Crippen LogP contribution in [0.25, 0.3) is 0 Å². The highest BCUT2D eigenvalue weighted by Gasteiger charge is 2.41. The van der Waals surface area contributed by atoms with Crippen molar-refractivity contribution >= 4 is 15.7 Å². The van der Waals surface area contributed by atoms with E-state index in [-0.39, 0.29) is 22.2 Å². The van der Waals surface area contributed by atoms with E-state index in [4.69, 9.17) is 5.73 Å². The summed E-state index contributed by atoms with van der Waals surface area (Å²) in [7, 11) is -3.70. The zero-order valence-electron chi connectivity index (χ0n) is 11.4. The molecule has 0 aromatic heterocycles. The summed E-state index contributed by atoms with van der Waals surface area (Å²) in [5.41, 5.74) is 6.10. The van der Waals surface area contributed by atoms with Crippen molar-refractivity contribution in [2.45, 2.75) is 43.5 Å². The summed E-state index contributed by atoms with van der Waals surface area (Å²) in [6.07, 6.45) is 4.29. The van der Waals surface area contributed by atoms with Gasteiger partial charge in [0.15, 0.2) is 0 Å². The lowest BCUT2D eigenvalue weighted by atomic mass is 9.96. The average molecular weight is 298 g/mol. The fourth-order valence-electron chi connectivity index (χ4n) is 3.49. The number of nitrogens with two attached hydrogens (primary N) is 1. The Kier molecular flexibility index (Phi) is 3.25. The van der Waals surface area contributed by atoms with Gasteiger partial charge >= 0.3 is 0 Å². The first kappa shape index (κ1) is 13.8. The zero-order valence-corrected chi connectivity index (χ0v) is 12.2. The second-order valence-electron chi connectivity index (χ2n) is 6.02. The summed E-state index contributed by atoms with van der Waals surface area (Å²) in [5, 5.41) is 0. The van der Waals surface area contributed by atoms with E-state index in [0.717, 1.165) is 25.3 Å². The number of rotatable bonds is 3. The fraction of sp³-hybridized carbons (Fsp3) is 0.571. The lowest BCUT2D eigenvalue weighted by Crippen LogP contribution is -2.38. The van der Waals surface area contributed by atoms with Gasteiger partial charge < -0.3 is 5.73 Å². The van der Waals surface area contributed by atoms with E-state index in [0.29, 0.717) is 11.8 Å². The Morgan fingerprint density at radius 2 is 2.05 bits per heavy atom. The minimum atomic E-state index is -3.70. The van der Waals surface area contributed by atoms with Gasteiger partial charge in [0.05, 0.1) is 4.90 Å². The number of fused-ring (bicyclic) bond motifs is 2. The van der Waals surface area contributed by atoms with Crippen LogP contribution in [-0.2, 0) is 10.0 Å². The SMILES string of the molecule is Cc1c(N)cc(S(=O)(=O)NC2CC3CCC2C3)cc1F. The van der Waals surface area contributed by atoms with Gasteiger partial charge in [-0.25, -0.2) is 17.5 Å². The van der Waals surface area contributed by atoms with Crippen LogP contribution in [0.4, 0.5) is 10.1 Å². The largest absolute Gasteiger partial charge is 0.398 e. The molecule has 2 saturated carbocycles. The molecule has 3 atom stereocenters. The summed E-state index contributed by atoms with van der Waals surface area (Å²) < 4.78 is 41.1. The van der Waals surface area contributed by atoms with Gasteiger partial charge in [0.1, 0.15) is 5.82 Å². The smallest absolute Gasteiger partial charge is 0.241 e. The van der Waals surface area contributed by atoms with Crippen molar-refractivity contribution in [3.63, 3.8) is 0 Å². The topological polar surface area (TPSA) is 72.2 Å². The maximum atomic E-state index is 13.7. The molecule has 2 fully saturated rings. The predicted octanol–water partition coefficient (Wildman–Crippen LogP) is 2.18. The molecule has 110 valence electrons. The van der Waals surface area contributed by atoms with Crippen LogP contribution in [0.2, 0.25) is 0 Å². The fourth-order valence-corrected chi connectivity index (χ4v) is 4.85. The van der Waals surface area contributed by atoms with Gasteiger partial charge in [-0.05, 0) is 50.2 Å². The van der Waals surface area contributed by atoms with Crippen LogP contribution < -0.4 is 10.5 Å². The summed E-state index contributed by atoms with van der Waals surface area (Å²) in [6, 6.07) is 2.36. The molecule has 0 saturated heterocycles. The Morgan fingerprint density at radius 3 is 2.60 bits per heavy atom. The van der Waals surface area contributed by atoms with Crippen LogP contribution in [-0.4, -0.2) is 14.5 Å². The molecule has 0 spiro atoms. The third-order valence-corrected chi connectivity index (χ3v) is 6.18. The van der Waals surface area contributed by atoms with Gasteiger partial charge in [0.25, 0.3) is 0 Å². The highest BCUT2D eigenvalue weighted by molar-refractivity contribution is 7.89. The molecule has 3 unspecified atom stereocenters. The molecule has 0 heterocycles. The first-order valence-electron chi connectivity index (χ1n) is 6.95. The lowest BCUT2D eigenvalue weighted by Gasteiger charge is -2.22. The molecule has 6 heteroatoms. The maximum absolute atomic E-state index is 13.7. The van der Waals surface area contributed by atoms with Crippen LogP contribution in [0.5, 0.6) is 0 Å². The minimum Gasteiger partial charge on any atom is -0.398 e. The Hall–Kier alpha value is -1.14. The predicted molar refractivity (Wildman–Crippen MR) is 75.1 cm³/mol. The summed E-state index contributed by atoms with van der Waals surface area (Å²) >= 11 is 0. The summed E-state index contributed by atoms with van der Waals surface area (Å²) in [5.74, 6) is 0.494. The van der Waals surface area contributed by atoms with Gasteiger partial charge in [-0.15, -0.1) is 0 Å². The molecule has 2 aliphatic rings. The first-order chi connectivity index (χ1) is 9.37. The highest BCUT2D eigenvalue weighted by Crippen LogP contribution is 2.44. The molecule has 4 nitrogen and oxygen atoms in total. The van der Waals surface area contributed by atoms with Gasteiger partial charge in [-0.1, -0.05) is 6.42 Å². The van der Waals surface area contributed by atoms with E-state index in [1.165, 1.54) is 19.4 Å². The van der Waals surface area contributed by atoms with E-state index >= 15 is 0 Å². The van der Waals surface area contributed by atoms with Gasteiger partial charge in [-0.3, -0.25) is 0 Å². The summed E-state index contributed by atoms with van der Waals surface area (Å²) in [6.45, 7) is 1.53. The van der Waals surface area contributed by atoms with Crippen LogP contribution in [0, 0.1) is 24.6 Å². The average Bonchev–Trinajstić information content (AvgIpc) is 2.96. The Morgan fingerprint density at radius 1 is 1.30 bits per heavy atom. The van der Waals surface area contributed by atoms with E-state index in [1.54, 1.807) is 0 Å². The number of benzene rings is 1. The Bertz CT molecular complexity index is 622. The second kappa shape index (κ2) is 4.70. The van der Waals surface area contributed by atoms with E-state index in [2.05, 4.69) is 4.72 Å².